The first-order chi connectivity index (χ1) is 8.20. The van der Waals surface area contributed by atoms with Gasteiger partial charge in [0.05, 0.1) is 6.20 Å². The first kappa shape index (κ1) is 12.7. The van der Waals surface area contributed by atoms with Crippen LogP contribution in [-0.4, -0.2) is 10.9 Å². The molecule has 0 N–H and O–H groups in total. The fourth-order valence-electron chi connectivity index (χ4n) is 1.52. The van der Waals surface area contributed by atoms with Crippen LogP contribution < -0.4 is 0 Å². The molecule has 2 nitrogen and oxygen atoms in total. The minimum Gasteiger partial charge on any atom is -0.441 e. The van der Waals surface area contributed by atoms with E-state index >= 15 is 0 Å². The van der Waals surface area contributed by atoms with E-state index < -0.39 is 0 Å². The van der Waals surface area contributed by atoms with Crippen molar-refractivity contribution in [3.63, 3.8) is 0 Å². The van der Waals surface area contributed by atoms with Crippen molar-refractivity contribution in [1.82, 2.24) is 4.98 Å². The molecule has 2 rings (SSSR count). The Morgan fingerprint density at radius 2 is 2.24 bits per heavy atom. The number of aromatic nitrogens is 1. The zero-order valence-electron chi connectivity index (χ0n) is 9.54. The monoisotopic (exact) mass is 313 g/mol. The van der Waals surface area contributed by atoms with Gasteiger partial charge in [0, 0.05) is 22.3 Å². The number of rotatable bonds is 4. The van der Waals surface area contributed by atoms with Crippen LogP contribution in [0.3, 0.4) is 0 Å². The summed E-state index contributed by atoms with van der Waals surface area (Å²) in [4.78, 5) is 4.24. The van der Waals surface area contributed by atoms with Crippen molar-refractivity contribution >= 4 is 27.5 Å². The van der Waals surface area contributed by atoms with Crippen LogP contribution in [0.1, 0.15) is 17.9 Å². The molecule has 0 atom stereocenters. The van der Waals surface area contributed by atoms with Crippen LogP contribution >= 0.6 is 27.5 Å². The van der Waals surface area contributed by atoms with E-state index in [1.54, 1.807) is 6.20 Å². The Kier molecular flexibility index (Phi) is 4.24. The van der Waals surface area contributed by atoms with E-state index in [0.717, 1.165) is 34.5 Å². The third kappa shape index (κ3) is 3.11. The SMILES string of the molecule is Cc1ccc(-c2cnc(CCCCl)o2)cc1Br. The summed E-state index contributed by atoms with van der Waals surface area (Å²) in [5.41, 5.74) is 2.24. The maximum absolute atomic E-state index is 5.68. The highest BCUT2D eigenvalue weighted by molar-refractivity contribution is 9.10. The summed E-state index contributed by atoms with van der Waals surface area (Å²) in [6.45, 7) is 2.06. The molecule has 0 radical (unpaired) electrons. The number of alkyl halides is 1. The van der Waals surface area contributed by atoms with Gasteiger partial charge in [-0.3, -0.25) is 0 Å². The van der Waals surface area contributed by atoms with Crippen LogP contribution in [-0.2, 0) is 6.42 Å². The number of hydrogen-bond acceptors (Lipinski definition) is 2. The van der Waals surface area contributed by atoms with Gasteiger partial charge in [0.2, 0.25) is 0 Å². The fraction of sp³-hybridized carbons (Fsp3) is 0.308. The van der Waals surface area contributed by atoms with Crippen molar-refractivity contribution in [2.24, 2.45) is 0 Å². The highest BCUT2D eigenvalue weighted by atomic mass is 79.9. The lowest BCUT2D eigenvalue weighted by atomic mass is 10.1. The predicted octanol–water partition coefficient (Wildman–Crippen LogP) is 4.58. The average molecular weight is 315 g/mol. The van der Waals surface area contributed by atoms with Crippen molar-refractivity contribution in [2.45, 2.75) is 19.8 Å². The van der Waals surface area contributed by atoms with E-state index in [0.29, 0.717) is 5.88 Å². The second kappa shape index (κ2) is 5.69. The van der Waals surface area contributed by atoms with Crippen LogP contribution in [0.4, 0.5) is 0 Å². The summed E-state index contributed by atoms with van der Waals surface area (Å²) in [5.74, 6) is 2.18. The normalized spacial score (nSPS) is 10.8. The Morgan fingerprint density at radius 1 is 1.41 bits per heavy atom. The maximum atomic E-state index is 5.68. The fourth-order valence-corrected chi connectivity index (χ4v) is 2.04. The predicted molar refractivity (Wildman–Crippen MR) is 73.4 cm³/mol. The molecule has 0 spiro atoms. The van der Waals surface area contributed by atoms with E-state index in [-0.39, 0.29) is 0 Å². The third-order valence-corrected chi connectivity index (χ3v) is 3.66. The molecule has 0 saturated heterocycles. The smallest absolute Gasteiger partial charge is 0.194 e. The highest BCUT2D eigenvalue weighted by Crippen LogP contribution is 2.26. The Labute approximate surface area is 114 Å². The van der Waals surface area contributed by atoms with E-state index in [1.807, 2.05) is 12.1 Å². The Balaban J connectivity index is 2.21. The number of aryl methyl sites for hydroxylation is 2. The molecule has 0 unspecified atom stereocenters. The maximum Gasteiger partial charge on any atom is 0.194 e. The Hall–Kier alpha value is -0.800. The lowest BCUT2D eigenvalue weighted by Crippen LogP contribution is -1.84. The van der Waals surface area contributed by atoms with E-state index in [2.05, 4.69) is 33.9 Å². The Bertz CT molecular complexity index is 510. The molecular formula is C13H13BrClNO. The van der Waals surface area contributed by atoms with Gasteiger partial charge in [-0.05, 0) is 25.0 Å². The molecule has 1 heterocycles. The summed E-state index contributed by atoms with van der Waals surface area (Å²) < 4.78 is 6.75. The molecule has 1 aromatic heterocycles. The first-order valence-electron chi connectivity index (χ1n) is 5.48. The van der Waals surface area contributed by atoms with Gasteiger partial charge in [-0.1, -0.05) is 28.1 Å². The van der Waals surface area contributed by atoms with Crippen LogP contribution in [0.5, 0.6) is 0 Å². The van der Waals surface area contributed by atoms with Gasteiger partial charge in [-0.25, -0.2) is 4.98 Å². The quantitative estimate of drug-likeness (QED) is 0.772. The van der Waals surface area contributed by atoms with Crippen molar-refractivity contribution in [1.29, 1.82) is 0 Å². The van der Waals surface area contributed by atoms with Gasteiger partial charge in [-0.15, -0.1) is 11.6 Å². The minimum atomic E-state index is 0.633. The summed E-state index contributed by atoms with van der Waals surface area (Å²) in [5, 5.41) is 0. The molecule has 4 heteroatoms. The number of hydrogen-bond donors (Lipinski definition) is 0. The van der Waals surface area contributed by atoms with Crippen LogP contribution in [0.25, 0.3) is 11.3 Å². The molecule has 1 aromatic carbocycles. The second-order valence-electron chi connectivity index (χ2n) is 3.87. The molecule has 0 aliphatic heterocycles. The van der Waals surface area contributed by atoms with Crippen molar-refractivity contribution < 1.29 is 4.42 Å². The molecule has 0 bridgehead atoms. The lowest BCUT2D eigenvalue weighted by Gasteiger charge is -2.00. The van der Waals surface area contributed by atoms with Gasteiger partial charge in [0.1, 0.15) is 0 Å². The molecule has 90 valence electrons. The topological polar surface area (TPSA) is 26.0 Å². The number of nitrogens with zero attached hydrogens (tertiary/aromatic N) is 1. The zero-order chi connectivity index (χ0) is 12.3. The van der Waals surface area contributed by atoms with Gasteiger partial charge in [0.15, 0.2) is 11.7 Å². The number of halogens is 2. The van der Waals surface area contributed by atoms with Gasteiger partial charge < -0.3 is 4.42 Å². The van der Waals surface area contributed by atoms with Crippen molar-refractivity contribution in [3.8, 4) is 11.3 Å². The Morgan fingerprint density at radius 3 is 2.94 bits per heavy atom. The largest absolute Gasteiger partial charge is 0.441 e. The molecule has 0 aliphatic carbocycles. The molecule has 17 heavy (non-hydrogen) atoms. The van der Waals surface area contributed by atoms with Crippen LogP contribution in [0, 0.1) is 6.92 Å². The van der Waals surface area contributed by atoms with Gasteiger partial charge >= 0.3 is 0 Å². The van der Waals surface area contributed by atoms with E-state index in [4.69, 9.17) is 16.0 Å². The standard InChI is InChI=1S/C13H13BrClNO/c1-9-4-5-10(7-11(9)14)12-8-16-13(17-12)3-2-6-15/h4-5,7-8H,2-3,6H2,1H3. The molecule has 0 saturated carbocycles. The summed E-state index contributed by atoms with van der Waals surface area (Å²) in [6.07, 6.45) is 3.44. The number of oxazole rings is 1. The molecule has 2 aromatic rings. The van der Waals surface area contributed by atoms with Crippen LogP contribution in [0.15, 0.2) is 33.3 Å². The second-order valence-corrected chi connectivity index (χ2v) is 5.11. The van der Waals surface area contributed by atoms with Crippen molar-refractivity contribution in [3.05, 3.63) is 40.3 Å². The molecule has 0 amide bonds. The van der Waals surface area contributed by atoms with Gasteiger partial charge in [-0.2, -0.15) is 0 Å². The minimum absolute atomic E-state index is 0.633. The lowest BCUT2D eigenvalue weighted by molar-refractivity contribution is 0.503. The zero-order valence-corrected chi connectivity index (χ0v) is 11.9. The van der Waals surface area contributed by atoms with Crippen LogP contribution in [0.2, 0.25) is 0 Å². The summed E-state index contributed by atoms with van der Waals surface area (Å²) in [6, 6.07) is 6.13. The average Bonchev–Trinajstić information content (AvgIpc) is 2.79. The summed E-state index contributed by atoms with van der Waals surface area (Å²) >= 11 is 9.15. The molecule has 0 fully saturated rings. The molecular weight excluding hydrogens is 302 g/mol. The third-order valence-electron chi connectivity index (χ3n) is 2.53. The summed E-state index contributed by atoms with van der Waals surface area (Å²) in [7, 11) is 0. The van der Waals surface area contributed by atoms with E-state index in [1.165, 1.54) is 5.56 Å². The van der Waals surface area contributed by atoms with Crippen molar-refractivity contribution in [2.75, 3.05) is 5.88 Å². The first-order valence-corrected chi connectivity index (χ1v) is 6.80. The van der Waals surface area contributed by atoms with E-state index in [9.17, 15) is 0 Å². The molecule has 0 aliphatic rings. The number of benzene rings is 1. The van der Waals surface area contributed by atoms with Gasteiger partial charge in [0.25, 0.3) is 0 Å². The highest BCUT2D eigenvalue weighted by Gasteiger charge is 2.07.